The molecule has 3 heterocycles. The third kappa shape index (κ3) is 1.97. The van der Waals surface area contributed by atoms with Crippen LogP contribution >= 0.6 is 27.3 Å². The highest BCUT2D eigenvalue weighted by Crippen LogP contribution is 2.24. The Balaban J connectivity index is 2.06. The van der Waals surface area contributed by atoms with Crippen LogP contribution in [0.15, 0.2) is 15.1 Å². The third-order valence-electron chi connectivity index (χ3n) is 2.60. The van der Waals surface area contributed by atoms with E-state index in [0.717, 1.165) is 0 Å². The molecule has 0 saturated carbocycles. The molecule has 2 aromatic heterocycles. The summed E-state index contributed by atoms with van der Waals surface area (Å²) in [5, 5.41) is 4.18. The van der Waals surface area contributed by atoms with Crippen molar-refractivity contribution in [3.63, 3.8) is 0 Å². The van der Waals surface area contributed by atoms with E-state index in [2.05, 4.69) is 26.0 Å². The summed E-state index contributed by atoms with van der Waals surface area (Å²) < 4.78 is 33.4. The van der Waals surface area contributed by atoms with Crippen LogP contribution in [0.5, 0.6) is 0 Å². The van der Waals surface area contributed by atoms with E-state index in [9.17, 15) is 8.42 Å². The summed E-state index contributed by atoms with van der Waals surface area (Å²) in [6, 6.07) is 0. The molecule has 2 aromatic rings. The second kappa shape index (κ2) is 4.53. The normalized spacial score (nSPS) is 18.5. The molecule has 18 heavy (non-hydrogen) atoms. The molecule has 3 rings (SSSR count). The van der Waals surface area contributed by atoms with Crippen molar-refractivity contribution < 1.29 is 13.2 Å². The zero-order chi connectivity index (χ0) is 12.8. The number of rotatable bonds is 2. The number of hydrogen-bond donors (Lipinski definition) is 0. The molecule has 98 valence electrons. The molecule has 10 heteroatoms. The van der Waals surface area contributed by atoms with Crippen LogP contribution in [0.3, 0.4) is 0 Å². The fourth-order valence-corrected chi connectivity index (χ4v) is 4.43. The summed E-state index contributed by atoms with van der Waals surface area (Å²) in [6.45, 7) is 1.56. The molecule has 0 unspecified atom stereocenters. The molecule has 0 bridgehead atoms. The fourth-order valence-electron chi connectivity index (χ4n) is 1.75. The van der Waals surface area contributed by atoms with Gasteiger partial charge in [-0.25, -0.2) is 13.4 Å². The van der Waals surface area contributed by atoms with Crippen LogP contribution in [0.25, 0.3) is 4.96 Å². The molecule has 0 spiro atoms. The van der Waals surface area contributed by atoms with Crippen LogP contribution < -0.4 is 0 Å². The molecule has 1 saturated heterocycles. The maximum absolute atomic E-state index is 12.4. The number of morpholine rings is 1. The van der Waals surface area contributed by atoms with Gasteiger partial charge in [-0.15, -0.1) is 5.10 Å². The lowest BCUT2D eigenvalue weighted by Crippen LogP contribution is -2.41. The van der Waals surface area contributed by atoms with Gasteiger partial charge in [-0.2, -0.15) is 8.82 Å². The maximum Gasteiger partial charge on any atom is 0.262 e. The van der Waals surface area contributed by atoms with E-state index >= 15 is 0 Å². The highest BCUT2D eigenvalue weighted by Gasteiger charge is 2.30. The number of nitrogens with zero attached hydrogens (tertiary/aromatic N) is 4. The van der Waals surface area contributed by atoms with Crippen LogP contribution in [0, 0.1) is 0 Å². The molecule has 0 radical (unpaired) electrons. The predicted octanol–water partition coefficient (Wildman–Crippen LogP) is 0.574. The summed E-state index contributed by atoms with van der Waals surface area (Å²) in [4.78, 5) is 4.60. The first-order valence-electron chi connectivity index (χ1n) is 5.17. The maximum atomic E-state index is 12.4. The number of fused-ring (bicyclic) bond motifs is 1. The van der Waals surface area contributed by atoms with Gasteiger partial charge < -0.3 is 4.74 Å². The lowest BCUT2D eigenvalue weighted by Gasteiger charge is -2.25. The molecule has 7 nitrogen and oxygen atoms in total. The quantitative estimate of drug-likeness (QED) is 0.789. The SMILES string of the molecule is O=S(=O)(c1cnc2sc(Br)nn12)N1CCOCC1. The Morgan fingerprint density at radius 3 is 2.83 bits per heavy atom. The number of hydrogen-bond acceptors (Lipinski definition) is 6. The Labute approximate surface area is 116 Å². The molecule has 0 N–H and O–H groups in total. The van der Waals surface area contributed by atoms with Crippen molar-refractivity contribution in [3.8, 4) is 0 Å². The van der Waals surface area contributed by atoms with Crippen molar-refractivity contribution in [2.45, 2.75) is 5.03 Å². The molecule has 1 aliphatic rings. The summed E-state index contributed by atoms with van der Waals surface area (Å²) >= 11 is 4.50. The number of sulfonamides is 1. The number of halogens is 1. The molecule has 0 aliphatic carbocycles. The Hall–Kier alpha value is -0.550. The first kappa shape index (κ1) is 12.5. The molecular formula is C8H9BrN4O3S2. The molecule has 1 aliphatic heterocycles. The third-order valence-corrected chi connectivity index (χ3v) is 5.81. The van der Waals surface area contributed by atoms with Crippen LogP contribution in [0.2, 0.25) is 0 Å². The van der Waals surface area contributed by atoms with Crippen molar-refractivity contribution >= 4 is 42.3 Å². The summed E-state index contributed by atoms with van der Waals surface area (Å²) in [5.74, 6) is 0. The fraction of sp³-hybridized carbons (Fsp3) is 0.500. The number of imidazole rings is 1. The Kier molecular flexibility index (Phi) is 3.14. The Bertz CT molecular complexity index is 674. The summed E-state index contributed by atoms with van der Waals surface area (Å²) in [7, 11) is -3.55. The zero-order valence-corrected chi connectivity index (χ0v) is 12.3. The minimum atomic E-state index is -3.55. The van der Waals surface area contributed by atoms with E-state index in [1.165, 1.54) is 26.4 Å². The van der Waals surface area contributed by atoms with E-state index < -0.39 is 10.0 Å². The zero-order valence-electron chi connectivity index (χ0n) is 9.11. The number of ether oxygens (including phenoxy) is 1. The van der Waals surface area contributed by atoms with Gasteiger partial charge in [0, 0.05) is 13.1 Å². The second-order valence-corrected chi connectivity index (χ2v) is 7.78. The van der Waals surface area contributed by atoms with Gasteiger partial charge in [0.1, 0.15) is 0 Å². The Morgan fingerprint density at radius 1 is 1.39 bits per heavy atom. The van der Waals surface area contributed by atoms with Gasteiger partial charge in [0.25, 0.3) is 10.0 Å². The molecule has 0 amide bonds. The molecular weight excluding hydrogens is 344 g/mol. The highest BCUT2D eigenvalue weighted by atomic mass is 79.9. The van der Waals surface area contributed by atoms with Gasteiger partial charge in [0.05, 0.1) is 19.4 Å². The molecule has 0 atom stereocenters. The van der Waals surface area contributed by atoms with Gasteiger partial charge in [-0.1, -0.05) is 11.3 Å². The van der Waals surface area contributed by atoms with Gasteiger partial charge in [-0.3, -0.25) is 0 Å². The van der Waals surface area contributed by atoms with E-state index in [0.29, 0.717) is 35.2 Å². The van der Waals surface area contributed by atoms with Crippen LogP contribution in [-0.2, 0) is 14.8 Å². The average molecular weight is 353 g/mol. The minimum absolute atomic E-state index is 0.0985. The Morgan fingerprint density at radius 2 is 2.11 bits per heavy atom. The van der Waals surface area contributed by atoms with Crippen LogP contribution in [0.1, 0.15) is 0 Å². The average Bonchev–Trinajstić information content (AvgIpc) is 2.88. The standard InChI is InChI=1S/C8H9BrN4O3S2/c9-7-11-13-6(5-10-8(13)17-7)18(14,15)12-1-3-16-4-2-12/h5H,1-4H2. The van der Waals surface area contributed by atoms with Crippen LogP contribution in [0.4, 0.5) is 0 Å². The predicted molar refractivity (Wildman–Crippen MR) is 68.1 cm³/mol. The summed E-state index contributed by atoms with van der Waals surface area (Å²) in [6.07, 6.45) is 1.34. The van der Waals surface area contributed by atoms with E-state index in [1.54, 1.807) is 0 Å². The van der Waals surface area contributed by atoms with Gasteiger partial charge >= 0.3 is 0 Å². The van der Waals surface area contributed by atoms with Crippen molar-refractivity contribution in [2.24, 2.45) is 0 Å². The number of aromatic nitrogens is 3. The monoisotopic (exact) mass is 352 g/mol. The second-order valence-electron chi connectivity index (χ2n) is 3.66. The topological polar surface area (TPSA) is 76.8 Å². The van der Waals surface area contributed by atoms with Crippen molar-refractivity contribution in [3.05, 3.63) is 10.1 Å². The van der Waals surface area contributed by atoms with Gasteiger partial charge in [0.2, 0.25) is 4.96 Å². The van der Waals surface area contributed by atoms with Gasteiger partial charge in [-0.05, 0) is 15.9 Å². The lowest BCUT2D eigenvalue weighted by molar-refractivity contribution is 0.0729. The molecule has 1 fully saturated rings. The van der Waals surface area contributed by atoms with E-state index in [1.807, 2.05) is 0 Å². The van der Waals surface area contributed by atoms with E-state index in [4.69, 9.17) is 4.74 Å². The lowest BCUT2D eigenvalue weighted by atomic mass is 10.5. The highest BCUT2D eigenvalue weighted by molar-refractivity contribution is 9.11. The van der Waals surface area contributed by atoms with Crippen molar-refractivity contribution in [1.82, 2.24) is 18.9 Å². The van der Waals surface area contributed by atoms with E-state index in [-0.39, 0.29) is 5.03 Å². The largest absolute Gasteiger partial charge is 0.379 e. The van der Waals surface area contributed by atoms with Gasteiger partial charge in [0.15, 0.2) is 8.94 Å². The first-order valence-corrected chi connectivity index (χ1v) is 8.22. The smallest absolute Gasteiger partial charge is 0.262 e. The van der Waals surface area contributed by atoms with Crippen molar-refractivity contribution in [2.75, 3.05) is 26.3 Å². The molecule has 0 aromatic carbocycles. The van der Waals surface area contributed by atoms with Crippen LogP contribution in [-0.4, -0.2) is 53.6 Å². The first-order chi connectivity index (χ1) is 8.59. The minimum Gasteiger partial charge on any atom is -0.379 e. The van der Waals surface area contributed by atoms with Crippen molar-refractivity contribution in [1.29, 1.82) is 0 Å². The summed E-state index contributed by atoms with van der Waals surface area (Å²) in [5.41, 5.74) is 0.